The van der Waals surface area contributed by atoms with Gasteiger partial charge in [0, 0.05) is 5.56 Å². The van der Waals surface area contributed by atoms with E-state index >= 15 is 0 Å². The molecule has 0 radical (unpaired) electrons. The van der Waals surface area contributed by atoms with Crippen LogP contribution in [0.25, 0.3) is 0 Å². The average molecular weight is 280 g/mol. The Labute approximate surface area is 115 Å². The van der Waals surface area contributed by atoms with Gasteiger partial charge in [-0.05, 0) is 12.1 Å². The highest BCUT2D eigenvalue weighted by Crippen LogP contribution is 1.97. The number of hydrogen-bond donors (Lipinski definition) is 3. The summed E-state index contributed by atoms with van der Waals surface area (Å²) in [6, 6.07) is 7.26. The molecule has 20 heavy (non-hydrogen) atoms. The quantitative estimate of drug-likeness (QED) is 0.584. The first-order chi connectivity index (χ1) is 9.58. The molecule has 108 valence electrons. The van der Waals surface area contributed by atoms with Gasteiger partial charge in [0.2, 0.25) is 5.91 Å². The first-order valence-corrected chi connectivity index (χ1v) is 5.89. The number of amides is 2. The molecule has 1 atom stereocenters. The minimum atomic E-state index is -1.14. The van der Waals surface area contributed by atoms with Crippen molar-refractivity contribution in [1.82, 2.24) is 10.6 Å². The summed E-state index contributed by atoms with van der Waals surface area (Å²) in [4.78, 5) is 34.3. The predicted molar refractivity (Wildman–Crippen MR) is 69.8 cm³/mol. The van der Waals surface area contributed by atoms with Crippen LogP contribution in [0.15, 0.2) is 30.3 Å². The predicted octanol–water partition coefficient (Wildman–Crippen LogP) is -0.933. The average Bonchev–Trinajstić information content (AvgIpc) is 2.50. The SMILES string of the molecule is COC(=O)[C@H](CO)NC(=O)CNC(=O)c1ccccc1. The van der Waals surface area contributed by atoms with Crippen LogP contribution in [0.2, 0.25) is 0 Å². The molecule has 0 bridgehead atoms. The van der Waals surface area contributed by atoms with Gasteiger partial charge >= 0.3 is 5.97 Å². The number of rotatable bonds is 6. The fourth-order valence-electron chi connectivity index (χ4n) is 1.42. The lowest BCUT2D eigenvalue weighted by molar-refractivity contribution is -0.146. The lowest BCUT2D eigenvalue weighted by atomic mass is 10.2. The van der Waals surface area contributed by atoms with Gasteiger partial charge in [-0.15, -0.1) is 0 Å². The number of hydrogen-bond acceptors (Lipinski definition) is 5. The maximum absolute atomic E-state index is 11.7. The molecule has 0 fully saturated rings. The number of aliphatic hydroxyl groups excluding tert-OH is 1. The second kappa shape index (κ2) is 7.90. The van der Waals surface area contributed by atoms with Gasteiger partial charge in [-0.1, -0.05) is 18.2 Å². The number of ether oxygens (including phenoxy) is 1. The molecule has 0 saturated heterocycles. The van der Waals surface area contributed by atoms with E-state index in [0.717, 1.165) is 7.11 Å². The summed E-state index contributed by atoms with van der Waals surface area (Å²) in [7, 11) is 1.15. The van der Waals surface area contributed by atoms with Crippen molar-refractivity contribution in [2.45, 2.75) is 6.04 Å². The topological polar surface area (TPSA) is 105 Å². The van der Waals surface area contributed by atoms with Gasteiger partial charge in [0.05, 0.1) is 20.3 Å². The molecule has 0 aliphatic rings. The minimum Gasteiger partial charge on any atom is -0.467 e. The second-order valence-electron chi connectivity index (χ2n) is 3.87. The van der Waals surface area contributed by atoms with Crippen LogP contribution in [-0.2, 0) is 14.3 Å². The van der Waals surface area contributed by atoms with E-state index in [-0.39, 0.29) is 6.54 Å². The molecular weight excluding hydrogens is 264 g/mol. The molecule has 0 unspecified atom stereocenters. The molecule has 0 aromatic heterocycles. The van der Waals surface area contributed by atoms with Crippen molar-refractivity contribution in [3.05, 3.63) is 35.9 Å². The Morgan fingerprint density at radius 2 is 1.90 bits per heavy atom. The van der Waals surface area contributed by atoms with E-state index in [0.29, 0.717) is 5.56 Å². The molecule has 1 aromatic carbocycles. The third kappa shape index (κ3) is 4.69. The van der Waals surface area contributed by atoms with Crippen molar-refractivity contribution in [2.24, 2.45) is 0 Å². The Kier molecular flexibility index (Phi) is 6.18. The highest BCUT2D eigenvalue weighted by atomic mass is 16.5. The Balaban J connectivity index is 2.43. The summed E-state index contributed by atoms with van der Waals surface area (Å²) in [6.45, 7) is -0.883. The summed E-state index contributed by atoms with van der Waals surface area (Å²) in [5.74, 6) is -1.76. The Bertz CT molecular complexity index is 475. The lowest BCUT2D eigenvalue weighted by Crippen LogP contribution is -2.47. The molecule has 0 aliphatic heterocycles. The van der Waals surface area contributed by atoms with Crippen LogP contribution in [0.3, 0.4) is 0 Å². The number of carbonyl (C=O) groups excluding carboxylic acids is 3. The van der Waals surface area contributed by atoms with E-state index in [9.17, 15) is 14.4 Å². The summed E-state index contributed by atoms with van der Waals surface area (Å²) in [5, 5.41) is 13.6. The molecule has 2 amide bonds. The molecular formula is C13H16N2O5. The van der Waals surface area contributed by atoms with Gasteiger partial charge in [0.25, 0.3) is 5.91 Å². The molecule has 7 heteroatoms. The van der Waals surface area contributed by atoms with Crippen molar-refractivity contribution in [3.8, 4) is 0 Å². The van der Waals surface area contributed by atoms with Crippen molar-refractivity contribution >= 4 is 17.8 Å². The fraction of sp³-hybridized carbons (Fsp3) is 0.308. The number of aliphatic hydroxyl groups is 1. The molecule has 1 aromatic rings. The van der Waals surface area contributed by atoms with E-state index in [4.69, 9.17) is 5.11 Å². The Hall–Kier alpha value is -2.41. The van der Waals surface area contributed by atoms with E-state index in [1.165, 1.54) is 0 Å². The summed E-state index contributed by atoms with van der Waals surface area (Å²) < 4.78 is 4.40. The van der Waals surface area contributed by atoms with Crippen LogP contribution in [0.5, 0.6) is 0 Å². The highest BCUT2D eigenvalue weighted by molar-refractivity contribution is 5.96. The zero-order valence-electron chi connectivity index (χ0n) is 11.0. The summed E-state index contributed by atoms with van der Waals surface area (Å²) in [5.41, 5.74) is 0.423. The number of nitrogens with one attached hydrogen (secondary N) is 2. The monoisotopic (exact) mass is 280 g/mol. The molecule has 7 nitrogen and oxygen atoms in total. The van der Waals surface area contributed by atoms with E-state index in [1.807, 2.05) is 0 Å². The largest absolute Gasteiger partial charge is 0.467 e. The van der Waals surface area contributed by atoms with Crippen LogP contribution < -0.4 is 10.6 Å². The van der Waals surface area contributed by atoms with Gasteiger partial charge in [0.1, 0.15) is 0 Å². The van der Waals surface area contributed by atoms with E-state index < -0.39 is 30.4 Å². The highest BCUT2D eigenvalue weighted by Gasteiger charge is 2.20. The summed E-state index contributed by atoms with van der Waals surface area (Å²) >= 11 is 0. The maximum atomic E-state index is 11.7. The smallest absolute Gasteiger partial charge is 0.330 e. The standard InChI is InChI=1S/C13H16N2O5/c1-20-13(19)10(8-16)15-11(17)7-14-12(18)9-5-3-2-4-6-9/h2-6,10,16H,7-8H2,1H3,(H,14,18)(H,15,17)/t10-/m0/s1. The maximum Gasteiger partial charge on any atom is 0.330 e. The van der Waals surface area contributed by atoms with Crippen molar-refractivity contribution in [2.75, 3.05) is 20.3 Å². The van der Waals surface area contributed by atoms with Gasteiger partial charge in [-0.3, -0.25) is 9.59 Å². The molecule has 0 spiro atoms. The van der Waals surface area contributed by atoms with Crippen molar-refractivity contribution in [3.63, 3.8) is 0 Å². The summed E-state index contributed by atoms with van der Waals surface area (Å²) in [6.07, 6.45) is 0. The minimum absolute atomic E-state index is 0.304. The molecule has 0 aliphatic carbocycles. The van der Waals surface area contributed by atoms with Crippen molar-refractivity contribution < 1.29 is 24.2 Å². The molecule has 0 saturated carbocycles. The van der Waals surface area contributed by atoms with Crippen LogP contribution in [-0.4, -0.2) is 49.2 Å². The normalized spacial score (nSPS) is 11.3. The molecule has 1 rings (SSSR count). The molecule has 0 heterocycles. The number of methoxy groups -OCH3 is 1. The Morgan fingerprint density at radius 1 is 1.25 bits per heavy atom. The first-order valence-electron chi connectivity index (χ1n) is 5.89. The zero-order chi connectivity index (χ0) is 15.0. The van der Waals surface area contributed by atoms with Crippen LogP contribution in [0, 0.1) is 0 Å². The number of esters is 1. The number of carbonyl (C=O) groups is 3. The van der Waals surface area contributed by atoms with Crippen LogP contribution in [0.4, 0.5) is 0 Å². The van der Waals surface area contributed by atoms with Gasteiger partial charge in [-0.2, -0.15) is 0 Å². The lowest BCUT2D eigenvalue weighted by Gasteiger charge is -2.14. The fourth-order valence-corrected chi connectivity index (χ4v) is 1.42. The third-order valence-electron chi connectivity index (χ3n) is 2.45. The second-order valence-corrected chi connectivity index (χ2v) is 3.87. The zero-order valence-corrected chi connectivity index (χ0v) is 11.0. The number of benzene rings is 1. The van der Waals surface area contributed by atoms with Crippen molar-refractivity contribution in [1.29, 1.82) is 0 Å². The van der Waals surface area contributed by atoms with E-state index in [2.05, 4.69) is 15.4 Å². The molecule has 3 N–H and O–H groups in total. The third-order valence-corrected chi connectivity index (χ3v) is 2.45. The van der Waals surface area contributed by atoms with Gasteiger partial charge in [-0.25, -0.2) is 4.79 Å². The van der Waals surface area contributed by atoms with Crippen LogP contribution >= 0.6 is 0 Å². The van der Waals surface area contributed by atoms with Gasteiger partial charge in [0.15, 0.2) is 6.04 Å². The van der Waals surface area contributed by atoms with E-state index in [1.54, 1.807) is 30.3 Å². The van der Waals surface area contributed by atoms with Crippen LogP contribution in [0.1, 0.15) is 10.4 Å². The first kappa shape index (κ1) is 15.6. The Morgan fingerprint density at radius 3 is 2.45 bits per heavy atom. The van der Waals surface area contributed by atoms with Gasteiger partial charge < -0.3 is 20.5 Å².